The van der Waals surface area contributed by atoms with Gasteiger partial charge in [0.15, 0.2) is 0 Å². The molecule has 13 heavy (non-hydrogen) atoms. The van der Waals surface area contributed by atoms with Gasteiger partial charge < -0.3 is 4.74 Å². The maximum absolute atomic E-state index is 5.80. The standard InChI is InChI=1S/C11H13BO/c1-4-5-13-11-9(3)6-8(2)7-10(11)12/h4,6-7H,1,5H2,2-3H3. The average Bonchev–Trinajstić information content (AvgIpc) is 2.02. The molecule has 1 rings (SSSR count). The van der Waals surface area contributed by atoms with E-state index in [4.69, 9.17) is 12.6 Å². The fourth-order valence-corrected chi connectivity index (χ4v) is 1.33. The summed E-state index contributed by atoms with van der Waals surface area (Å²) in [7, 11) is 5.80. The second-order valence-corrected chi connectivity index (χ2v) is 3.10. The summed E-state index contributed by atoms with van der Waals surface area (Å²) >= 11 is 0. The van der Waals surface area contributed by atoms with Gasteiger partial charge in [0.25, 0.3) is 0 Å². The zero-order valence-corrected chi connectivity index (χ0v) is 8.13. The van der Waals surface area contributed by atoms with Gasteiger partial charge in [0.05, 0.1) is 0 Å². The van der Waals surface area contributed by atoms with Crippen LogP contribution in [0.15, 0.2) is 24.8 Å². The number of aryl methyl sites for hydroxylation is 2. The van der Waals surface area contributed by atoms with E-state index in [1.807, 2.05) is 19.9 Å². The SMILES string of the molecule is [B]c1cc(C)cc(C)c1OCC=C. The minimum Gasteiger partial charge on any atom is -0.490 e. The van der Waals surface area contributed by atoms with Crippen molar-refractivity contribution in [2.24, 2.45) is 0 Å². The summed E-state index contributed by atoms with van der Waals surface area (Å²) in [5.41, 5.74) is 2.92. The number of hydrogen-bond donors (Lipinski definition) is 0. The molecule has 1 aromatic rings. The Morgan fingerprint density at radius 2 is 2.15 bits per heavy atom. The molecule has 0 heterocycles. The topological polar surface area (TPSA) is 9.23 Å². The first-order chi connectivity index (χ1) is 6.15. The second-order valence-electron chi connectivity index (χ2n) is 3.10. The minimum atomic E-state index is 0.494. The number of benzene rings is 1. The van der Waals surface area contributed by atoms with Gasteiger partial charge in [0.2, 0.25) is 0 Å². The Balaban J connectivity index is 2.98. The van der Waals surface area contributed by atoms with Crippen molar-refractivity contribution in [3.05, 3.63) is 35.9 Å². The summed E-state index contributed by atoms with van der Waals surface area (Å²) in [4.78, 5) is 0. The third-order valence-corrected chi connectivity index (χ3v) is 1.79. The summed E-state index contributed by atoms with van der Waals surface area (Å²) < 4.78 is 5.43. The Morgan fingerprint density at radius 1 is 1.46 bits per heavy atom. The normalized spacial score (nSPS) is 9.69. The molecule has 0 aromatic heterocycles. The smallest absolute Gasteiger partial charge is 0.119 e. The van der Waals surface area contributed by atoms with Crippen LogP contribution in [0.4, 0.5) is 0 Å². The number of rotatable bonds is 3. The van der Waals surface area contributed by atoms with Crippen molar-refractivity contribution in [1.29, 1.82) is 0 Å². The van der Waals surface area contributed by atoms with E-state index in [1.165, 1.54) is 0 Å². The average molecular weight is 172 g/mol. The number of hydrogen-bond acceptors (Lipinski definition) is 1. The highest BCUT2D eigenvalue weighted by Crippen LogP contribution is 2.15. The highest BCUT2D eigenvalue weighted by molar-refractivity contribution is 6.34. The highest BCUT2D eigenvalue weighted by Gasteiger charge is 2.02. The van der Waals surface area contributed by atoms with E-state index in [1.54, 1.807) is 6.08 Å². The Bertz CT molecular complexity index is 295. The van der Waals surface area contributed by atoms with Gasteiger partial charge >= 0.3 is 0 Å². The molecule has 66 valence electrons. The zero-order valence-electron chi connectivity index (χ0n) is 8.13. The number of ether oxygens (including phenoxy) is 1. The van der Waals surface area contributed by atoms with Crippen LogP contribution in [-0.2, 0) is 0 Å². The molecule has 0 aliphatic heterocycles. The molecule has 0 amide bonds. The Labute approximate surface area is 80.8 Å². The maximum Gasteiger partial charge on any atom is 0.119 e. The largest absolute Gasteiger partial charge is 0.490 e. The third-order valence-electron chi connectivity index (χ3n) is 1.79. The predicted molar refractivity (Wildman–Crippen MR) is 57.0 cm³/mol. The molecule has 0 saturated carbocycles. The van der Waals surface area contributed by atoms with Gasteiger partial charge in [-0.3, -0.25) is 0 Å². The molecule has 1 nitrogen and oxygen atoms in total. The lowest BCUT2D eigenvalue weighted by Gasteiger charge is -2.11. The van der Waals surface area contributed by atoms with Crippen LogP contribution >= 0.6 is 0 Å². The van der Waals surface area contributed by atoms with E-state index in [-0.39, 0.29) is 0 Å². The lowest BCUT2D eigenvalue weighted by atomic mass is 9.91. The van der Waals surface area contributed by atoms with Gasteiger partial charge in [-0.2, -0.15) is 0 Å². The van der Waals surface area contributed by atoms with Gasteiger partial charge in [-0.1, -0.05) is 35.8 Å². The van der Waals surface area contributed by atoms with Crippen LogP contribution in [0.25, 0.3) is 0 Å². The van der Waals surface area contributed by atoms with Gasteiger partial charge in [0, 0.05) is 0 Å². The van der Waals surface area contributed by atoms with Crippen molar-refractivity contribution in [1.82, 2.24) is 0 Å². The first kappa shape index (κ1) is 9.91. The molecule has 2 radical (unpaired) electrons. The van der Waals surface area contributed by atoms with Gasteiger partial charge in [-0.15, -0.1) is 0 Å². The summed E-state index contributed by atoms with van der Waals surface area (Å²) in [5, 5.41) is 0. The molecule has 0 N–H and O–H groups in total. The molecule has 0 bridgehead atoms. The lowest BCUT2D eigenvalue weighted by Crippen LogP contribution is -2.11. The summed E-state index contributed by atoms with van der Waals surface area (Å²) in [5.74, 6) is 0.769. The van der Waals surface area contributed by atoms with Crippen LogP contribution in [-0.4, -0.2) is 14.5 Å². The Morgan fingerprint density at radius 3 is 2.69 bits per heavy atom. The van der Waals surface area contributed by atoms with Crippen LogP contribution in [0.3, 0.4) is 0 Å². The molecule has 1 aromatic carbocycles. The van der Waals surface area contributed by atoms with Crippen molar-refractivity contribution >= 4 is 13.3 Å². The molecule has 0 aliphatic rings. The first-order valence-corrected chi connectivity index (χ1v) is 4.25. The van der Waals surface area contributed by atoms with Crippen molar-refractivity contribution in [3.8, 4) is 5.75 Å². The molecule has 0 unspecified atom stereocenters. The van der Waals surface area contributed by atoms with Crippen LogP contribution in [0.1, 0.15) is 11.1 Å². The molecule has 2 heteroatoms. The third kappa shape index (κ3) is 2.38. The first-order valence-electron chi connectivity index (χ1n) is 4.25. The van der Waals surface area contributed by atoms with Gasteiger partial charge in [-0.05, 0) is 19.4 Å². The molecular formula is C11H13BO. The summed E-state index contributed by atoms with van der Waals surface area (Å²) in [6, 6.07) is 3.96. The quantitative estimate of drug-likeness (QED) is 0.497. The van der Waals surface area contributed by atoms with Crippen molar-refractivity contribution in [3.63, 3.8) is 0 Å². The highest BCUT2D eigenvalue weighted by atomic mass is 16.5. The minimum absolute atomic E-state index is 0.494. The predicted octanol–water partition coefficient (Wildman–Crippen LogP) is 1.66. The fourth-order valence-electron chi connectivity index (χ4n) is 1.33. The molecule has 0 saturated heterocycles. The monoisotopic (exact) mass is 172 g/mol. The van der Waals surface area contributed by atoms with E-state index in [0.29, 0.717) is 12.1 Å². The summed E-state index contributed by atoms with van der Waals surface area (Å²) in [6.07, 6.45) is 1.71. The van der Waals surface area contributed by atoms with E-state index < -0.39 is 0 Å². The van der Waals surface area contributed by atoms with Crippen molar-refractivity contribution < 1.29 is 4.74 Å². The fraction of sp³-hybridized carbons (Fsp3) is 0.273. The zero-order chi connectivity index (χ0) is 9.84. The van der Waals surface area contributed by atoms with Crippen molar-refractivity contribution in [2.45, 2.75) is 13.8 Å². The Hall–Kier alpha value is -1.18. The molecule has 0 spiro atoms. The van der Waals surface area contributed by atoms with Crippen LogP contribution in [0.2, 0.25) is 0 Å². The maximum atomic E-state index is 5.80. The Kier molecular flexibility index (Phi) is 3.18. The molecule has 0 atom stereocenters. The summed E-state index contributed by atoms with van der Waals surface area (Å²) in [6.45, 7) is 8.08. The van der Waals surface area contributed by atoms with E-state index >= 15 is 0 Å². The lowest BCUT2D eigenvalue weighted by molar-refractivity contribution is 0.363. The molecule has 0 fully saturated rings. The van der Waals surface area contributed by atoms with Crippen LogP contribution in [0.5, 0.6) is 5.75 Å². The van der Waals surface area contributed by atoms with E-state index in [2.05, 4.69) is 12.6 Å². The van der Waals surface area contributed by atoms with E-state index in [9.17, 15) is 0 Å². The van der Waals surface area contributed by atoms with Crippen LogP contribution < -0.4 is 10.2 Å². The van der Waals surface area contributed by atoms with Crippen molar-refractivity contribution in [2.75, 3.05) is 6.61 Å². The van der Waals surface area contributed by atoms with Gasteiger partial charge in [-0.25, -0.2) is 0 Å². The molecule has 0 aliphatic carbocycles. The second kappa shape index (κ2) is 4.17. The molecular weight excluding hydrogens is 159 g/mol. The van der Waals surface area contributed by atoms with Crippen LogP contribution in [0, 0.1) is 13.8 Å². The van der Waals surface area contributed by atoms with E-state index in [0.717, 1.165) is 16.9 Å². The van der Waals surface area contributed by atoms with Gasteiger partial charge in [0.1, 0.15) is 20.2 Å².